The second-order valence-corrected chi connectivity index (χ2v) is 4.21. The van der Waals surface area contributed by atoms with Crippen molar-refractivity contribution in [3.8, 4) is 0 Å². The largest absolute Gasteiger partial charge is 0.512 e. The number of carbonyl (C=O) groups is 1. The molecule has 0 aliphatic heterocycles. The van der Waals surface area contributed by atoms with Crippen LogP contribution in [0.3, 0.4) is 0 Å². The Morgan fingerprint density at radius 2 is 2.12 bits per heavy atom. The molecule has 0 fully saturated rings. The molecule has 1 aromatic carbocycles. The van der Waals surface area contributed by atoms with E-state index in [1.54, 1.807) is 6.07 Å². The third-order valence-electron chi connectivity index (χ3n) is 2.91. The fraction of sp³-hybridized carbons (Fsp3) is 0.308. The van der Waals surface area contributed by atoms with Gasteiger partial charge in [-0.3, -0.25) is 4.79 Å². The zero-order chi connectivity index (χ0) is 11.7. The molecule has 0 unspecified atom stereocenters. The minimum Gasteiger partial charge on any atom is -0.512 e. The highest BCUT2D eigenvalue weighted by Crippen LogP contribution is 2.32. The summed E-state index contributed by atoms with van der Waals surface area (Å²) in [6, 6.07) is 4.55. The molecule has 1 N–H and O–H groups in total. The van der Waals surface area contributed by atoms with Gasteiger partial charge in [0, 0.05) is 18.9 Å². The van der Waals surface area contributed by atoms with E-state index in [1.165, 1.54) is 18.2 Å². The standard InChI is InChI=1S/C13H13FO2/c1-8-2-3-10(14)6-13(8)9-4-11(15)7-12(16)5-9/h2-3,6-7,9,15H,4-5H2,1H3/t9-/m0/s1. The summed E-state index contributed by atoms with van der Waals surface area (Å²) in [7, 11) is 0. The molecule has 0 spiro atoms. The molecule has 0 bridgehead atoms. The van der Waals surface area contributed by atoms with Gasteiger partial charge in [-0.15, -0.1) is 0 Å². The van der Waals surface area contributed by atoms with Gasteiger partial charge in [-0.2, -0.15) is 0 Å². The van der Waals surface area contributed by atoms with Gasteiger partial charge >= 0.3 is 0 Å². The lowest BCUT2D eigenvalue weighted by atomic mass is 9.84. The van der Waals surface area contributed by atoms with Gasteiger partial charge in [0.15, 0.2) is 5.78 Å². The molecule has 16 heavy (non-hydrogen) atoms. The SMILES string of the molecule is Cc1ccc(F)cc1[C@@H]1CC(=O)C=C(O)C1. The van der Waals surface area contributed by atoms with Crippen LogP contribution < -0.4 is 0 Å². The van der Waals surface area contributed by atoms with Crippen LogP contribution in [0.4, 0.5) is 4.39 Å². The molecule has 0 saturated carbocycles. The van der Waals surface area contributed by atoms with Crippen molar-refractivity contribution in [2.45, 2.75) is 25.7 Å². The maximum Gasteiger partial charge on any atom is 0.159 e. The molecule has 3 heteroatoms. The van der Waals surface area contributed by atoms with E-state index in [4.69, 9.17) is 0 Å². The van der Waals surface area contributed by atoms with Gasteiger partial charge in [0.25, 0.3) is 0 Å². The third kappa shape index (κ3) is 2.13. The number of aliphatic hydroxyl groups excluding tert-OH is 1. The number of hydrogen-bond donors (Lipinski definition) is 1. The number of halogens is 1. The van der Waals surface area contributed by atoms with Crippen molar-refractivity contribution in [1.82, 2.24) is 0 Å². The first-order valence-electron chi connectivity index (χ1n) is 5.24. The van der Waals surface area contributed by atoms with Crippen molar-refractivity contribution in [2.75, 3.05) is 0 Å². The van der Waals surface area contributed by atoms with Crippen LogP contribution in [0.25, 0.3) is 0 Å². The number of ketones is 1. The highest BCUT2D eigenvalue weighted by molar-refractivity contribution is 5.91. The normalized spacial score (nSPS) is 20.8. The molecule has 1 atom stereocenters. The molecule has 1 aliphatic carbocycles. The molecule has 1 aliphatic rings. The molecule has 0 saturated heterocycles. The van der Waals surface area contributed by atoms with Gasteiger partial charge in [-0.05, 0) is 36.1 Å². The van der Waals surface area contributed by atoms with Crippen molar-refractivity contribution in [2.24, 2.45) is 0 Å². The fourth-order valence-electron chi connectivity index (χ4n) is 2.14. The lowest BCUT2D eigenvalue weighted by molar-refractivity contribution is -0.115. The van der Waals surface area contributed by atoms with Crippen LogP contribution in [0.1, 0.15) is 29.9 Å². The van der Waals surface area contributed by atoms with Crippen molar-refractivity contribution in [3.63, 3.8) is 0 Å². The summed E-state index contributed by atoms with van der Waals surface area (Å²) in [5, 5.41) is 9.42. The van der Waals surface area contributed by atoms with E-state index >= 15 is 0 Å². The molecule has 2 nitrogen and oxygen atoms in total. The Hall–Kier alpha value is -1.64. The minimum atomic E-state index is -0.304. The number of aryl methyl sites for hydroxylation is 1. The first-order valence-corrected chi connectivity index (χ1v) is 5.24. The van der Waals surface area contributed by atoms with Crippen LogP contribution in [-0.4, -0.2) is 10.9 Å². The molecule has 0 heterocycles. The van der Waals surface area contributed by atoms with E-state index in [0.717, 1.165) is 11.1 Å². The van der Waals surface area contributed by atoms with Gasteiger partial charge in [-0.25, -0.2) is 4.39 Å². The molecule has 0 amide bonds. The molecule has 0 aromatic heterocycles. The van der Waals surface area contributed by atoms with E-state index in [-0.39, 0.29) is 23.3 Å². The summed E-state index contributed by atoms with van der Waals surface area (Å²) in [6.45, 7) is 1.88. The molecular formula is C13H13FO2. The number of aliphatic hydroxyl groups is 1. The summed E-state index contributed by atoms with van der Waals surface area (Å²) < 4.78 is 13.1. The highest BCUT2D eigenvalue weighted by atomic mass is 19.1. The third-order valence-corrected chi connectivity index (χ3v) is 2.91. The average molecular weight is 220 g/mol. The summed E-state index contributed by atoms with van der Waals surface area (Å²) in [6.07, 6.45) is 2.01. The maximum atomic E-state index is 13.1. The lowest BCUT2D eigenvalue weighted by Crippen LogP contribution is -2.13. The molecule has 0 radical (unpaired) electrons. The van der Waals surface area contributed by atoms with E-state index in [0.29, 0.717) is 12.8 Å². The van der Waals surface area contributed by atoms with Crippen molar-refractivity contribution >= 4 is 5.78 Å². The first-order chi connectivity index (χ1) is 7.56. The zero-order valence-electron chi connectivity index (χ0n) is 9.03. The summed E-state index contributed by atoms with van der Waals surface area (Å²) >= 11 is 0. The van der Waals surface area contributed by atoms with Crippen LogP contribution in [-0.2, 0) is 4.79 Å². The van der Waals surface area contributed by atoms with Gasteiger partial charge in [-0.1, -0.05) is 6.07 Å². The van der Waals surface area contributed by atoms with E-state index < -0.39 is 0 Å². The van der Waals surface area contributed by atoms with Gasteiger partial charge in [0.05, 0.1) is 5.76 Å². The molecule has 2 rings (SSSR count). The first kappa shape index (κ1) is 10.9. The Kier molecular flexibility index (Phi) is 2.77. The fourth-order valence-corrected chi connectivity index (χ4v) is 2.14. The molecular weight excluding hydrogens is 207 g/mol. The Morgan fingerprint density at radius 3 is 2.81 bits per heavy atom. The van der Waals surface area contributed by atoms with E-state index in [1.807, 2.05) is 6.92 Å². The Balaban J connectivity index is 2.35. The van der Waals surface area contributed by atoms with Crippen LogP contribution in [0, 0.1) is 12.7 Å². The zero-order valence-corrected chi connectivity index (χ0v) is 9.03. The van der Waals surface area contributed by atoms with Gasteiger partial charge in [0.1, 0.15) is 5.82 Å². The molecule has 84 valence electrons. The Morgan fingerprint density at radius 1 is 1.38 bits per heavy atom. The van der Waals surface area contributed by atoms with Crippen molar-refractivity contribution in [1.29, 1.82) is 0 Å². The predicted octanol–water partition coefficient (Wildman–Crippen LogP) is 3.02. The number of rotatable bonds is 1. The Labute approximate surface area is 93.4 Å². The van der Waals surface area contributed by atoms with Crippen LogP contribution in [0.5, 0.6) is 0 Å². The topological polar surface area (TPSA) is 37.3 Å². The average Bonchev–Trinajstić information content (AvgIpc) is 2.20. The Bertz CT molecular complexity index is 463. The van der Waals surface area contributed by atoms with Gasteiger partial charge < -0.3 is 5.11 Å². The minimum absolute atomic E-state index is 0.0879. The van der Waals surface area contributed by atoms with Crippen LogP contribution in [0.2, 0.25) is 0 Å². The monoisotopic (exact) mass is 220 g/mol. The number of hydrogen-bond acceptors (Lipinski definition) is 2. The smallest absolute Gasteiger partial charge is 0.159 e. The molecule has 1 aromatic rings. The summed E-state index contributed by atoms with van der Waals surface area (Å²) in [4.78, 5) is 11.3. The number of allylic oxidation sites excluding steroid dienone is 2. The predicted molar refractivity (Wildman–Crippen MR) is 58.8 cm³/mol. The highest BCUT2D eigenvalue weighted by Gasteiger charge is 2.23. The second kappa shape index (κ2) is 4.08. The maximum absolute atomic E-state index is 13.1. The van der Waals surface area contributed by atoms with E-state index in [2.05, 4.69) is 0 Å². The van der Waals surface area contributed by atoms with Crippen molar-refractivity contribution < 1.29 is 14.3 Å². The van der Waals surface area contributed by atoms with E-state index in [9.17, 15) is 14.3 Å². The van der Waals surface area contributed by atoms with Crippen LogP contribution in [0.15, 0.2) is 30.0 Å². The quantitative estimate of drug-likeness (QED) is 0.789. The lowest BCUT2D eigenvalue weighted by Gasteiger charge is -2.21. The van der Waals surface area contributed by atoms with Gasteiger partial charge in [0.2, 0.25) is 0 Å². The van der Waals surface area contributed by atoms with Crippen molar-refractivity contribution in [3.05, 3.63) is 47.0 Å². The number of carbonyl (C=O) groups excluding carboxylic acids is 1. The second-order valence-electron chi connectivity index (χ2n) is 4.21. The van der Waals surface area contributed by atoms with Crippen LogP contribution >= 0.6 is 0 Å². The summed E-state index contributed by atoms with van der Waals surface area (Å²) in [5.74, 6) is -0.419. The summed E-state index contributed by atoms with van der Waals surface area (Å²) in [5.41, 5.74) is 1.77. The number of benzene rings is 1.